The van der Waals surface area contributed by atoms with Crippen LogP contribution in [0.5, 0.6) is 5.75 Å². The molecule has 0 unspecified atom stereocenters. The van der Waals surface area contributed by atoms with Crippen molar-refractivity contribution in [3.8, 4) is 5.75 Å². The van der Waals surface area contributed by atoms with Crippen molar-refractivity contribution in [3.05, 3.63) is 58.5 Å². The molecule has 170 valence electrons. The molecule has 3 amide bonds. The third-order valence-electron chi connectivity index (χ3n) is 6.35. The standard InChI is InChI=1S/C24H30N4O4/c1-15(2)22(23(30)25-18-7-9-19(32-3)10-8-18)26-24(31)27-12-16-11-17(14-27)20-5-4-6-21(29)28(20)13-16/h4-10,15-17,22H,11-14H2,1-3H3,(H,25,30)(H,26,31)/t16-,17-,22-/m0/s1. The second-order valence-electron chi connectivity index (χ2n) is 8.99. The monoisotopic (exact) mass is 438 g/mol. The van der Waals surface area contributed by atoms with Gasteiger partial charge in [0.15, 0.2) is 0 Å². The normalized spacial score (nSPS) is 20.3. The van der Waals surface area contributed by atoms with Crippen molar-refractivity contribution in [3.63, 3.8) is 0 Å². The number of hydrogen-bond acceptors (Lipinski definition) is 4. The first-order valence-corrected chi connectivity index (χ1v) is 11.1. The molecule has 0 saturated carbocycles. The lowest BCUT2D eigenvalue weighted by Gasteiger charge is -2.43. The van der Waals surface area contributed by atoms with Crippen LogP contribution in [0.15, 0.2) is 47.3 Å². The van der Waals surface area contributed by atoms with Gasteiger partial charge in [-0.15, -0.1) is 0 Å². The van der Waals surface area contributed by atoms with Crippen molar-refractivity contribution in [1.82, 2.24) is 14.8 Å². The molecule has 32 heavy (non-hydrogen) atoms. The molecule has 0 radical (unpaired) electrons. The Kier molecular flexibility index (Phi) is 6.21. The SMILES string of the molecule is COc1ccc(NC(=O)[C@@H](NC(=O)N2C[C@@H]3C[C@@H](C2)c2cccc(=O)n2C3)C(C)C)cc1. The summed E-state index contributed by atoms with van der Waals surface area (Å²) in [6, 6.07) is 11.5. The zero-order valence-electron chi connectivity index (χ0n) is 18.7. The largest absolute Gasteiger partial charge is 0.497 e. The Balaban J connectivity index is 1.43. The van der Waals surface area contributed by atoms with Crippen molar-refractivity contribution >= 4 is 17.6 Å². The summed E-state index contributed by atoms with van der Waals surface area (Å²) < 4.78 is 6.99. The second-order valence-corrected chi connectivity index (χ2v) is 8.99. The first-order chi connectivity index (χ1) is 15.4. The van der Waals surface area contributed by atoms with Crippen LogP contribution >= 0.6 is 0 Å². The average molecular weight is 439 g/mol. The highest BCUT2D eigenvalue weighted by Gasteiger charge is 2.37. The first kappa shape index (κ1) is 21.9. The maximum absolute atomic E-state index is 13.1. The Morgan fingerprint density at radius 3 is 2.50 bits per heavy atom. The number of ether oxygens (including phenoxy) is 1. The molecule has 1 aromatic carbocycles. The van der Waals surface area contributed by atoms with Crippen molar-refractivity contribution < 1.29 is 14.3 Å². The maximum atomic E-state index is 13.1. The molecule has 2 aliphatic rings. The third-order valence-corrected chi connectivity index (χ3v) is 6.35. The van der Waals surface area contributed by atoms with Gasteiger partial charge in [-0.3, -0.25) is 9.59 Å². The number of nitrogens with one attached hydrogen (secondary N) is 2. The number of carbonyl (C=O) groups is 2. The van der Waals surface area contributed by atoms with Gasteiger partial charge in [-0.2, -0.15) is 0 Å². The summed E-state index contributed by atoms with van der Waals surface area (Å²) in [7, 11) is 1.59. The van der Waals surface area contributed by atoms with E-state index in [0.717, 1.165) is 12.1 Å². The molecular formula is C24H30N4O4. The van der Waals surface area contributed by atoms with Gasteiger partial charge in [-0.1, -0.05) is 19.9 Å². The van der Waals surface area contributed by atoms with Crippen LogP contribution in [0.1, 0.15) is 31.9 Å². The molecule has 3 atom stereocenters. The molecule has 8 nitrogen and oxygen atoms in total. The number of fused-ring (bicyclic) bond motifs is 4. The van der Waals surface area contributed by atoms with Crippen LogP contribution in [0, 0.1) is 11.8 Å². The summed E-state index contributed by atoms with van der Waals surface area (Å²) in [5, 5.41) is 5.81. The predicted octanol–water partition coefficient (Wildman–Crippen LogP) is 2.65. The Bertz CT molecular complexity index is 1050. The van der Waals surface area contributed by atoms with Gasteiger partial charge in [-0.05, 0) is 48.6 Å². The summed E-state index contributed by atoms with van der Waals surface area (Å²) in [5.74, 6) is 0.732. The van der Waals surface area contributed by atoms with Crippen LogP contribution in [0.2, 0.25) is 0 Å². The quantitative estimate of drug-likeness (QED) is 0.751. The van der Waals surface area contributed by atoms with Crippen LogP contribution in [-0.4, -0.2) is 47.6 Å². The zero-order chi connectivity index (χ0) is 22.8. The fraction of sp³-hybridized carbons (Fsp3) is 0.458. The summed E-state index contributed by atoms with van der Waals surface area (Å²) in [6.45, 7) is 5.56. The van der Waals surface area contributed by atoms with Gasteiger partial charge >= 0.3 is 6.03 Å². The van der Waals surface area contributed by atoms with E-state index >= 15 is 0 Å². The fourth-order valence-corrected chi connectivity index (χ4v) is 4.72. The minimum atomic E-state index is -0.665. The summed E-state index contributed by atoms with van der Waals surface area (Å²) in [6.07, 6.45) is 0.971. The highest BCUT2D eigenvalue weighted by molar-refractivity contribution is 5.97. The van der Waals surface area contributed by atoms with Gasteiger partial charge in [0.25, 0.3) is 5.56 Å². The second kappa shape index (κ2) is 9.06. The number of nitrogens with zero attached hydrogens (tertiary/aromatic N) is 2. The number of hydrogen-bond donors (Lipinski definition) is 2. The predicted molar refractivity (Wildman–Crippen MR) is 122 cm³/mol. The molecule has 1 saturated heterocycles. The van der Waals surface area contributed by atoms with Gasteiger partial charge in [0, 0.05) is 43.0 Å². The molecule has 2 aliphatic heterocycles. The molecule has 0 spiro atoms. The lowest BCUT2D eigenvalue weighted by atomic mass is 9.83. The van der Waals surface area contributed by atoms with Crippen molar-refractivity contribution in [2.45, 2.75) is 38.8 Å². The lowest BCUT2D eigenvalue weighted by molar-refractivity contribution is -0.118. The molecule has 2 aromatic rings. The van der Waals surface area contributed by atoms with E-state index in [4.69, 9.17) is 4.74 Å². The van der Waals surface area contributed by atoms with Gasteiger partial charge in [0.2, 0.25) is 5.91 Å². The summed E-state index contributed by atoms with van der Waals surface area (Å²) >= 11 is 0. The van der Waals surface area contributed by atoms with E-state index in [-0.39, 0.29) is 35.3 Å². The van der Waals surface area contributed by atoms with Crippen molar-refractivity contribution in [2.75, 3.05) is 25.5 Å². The number of benzene rings is 1. The van der Waals surface area contributed by atoms with Crippen LogP contribution in [-0.2, 0) is 11.3 Å². The Morgan fingerprint density at radius 2 is 1.81 bits per heavy atom. The number of rotatable bonds is 5. The Labute approximate surface area is 187 Å². The number of likely N-dealkylation sites (tertiary alicyclic amines) is 1. The van der Waals surface area contributed by atoms with Gasteiger partial charge in [-0.25, -0.2) is 4.79 Å². The molecule has 1 fully saturated rings. The van der Waals surface area contributed by atoms with Gasteiger partial charge in [0.05, 0.1) is 7.11 Å². The number of pyridine rings is 1. The number of anilines is 1. The minimum Gasteiger partial charge on any atom is -0.497 e. The van der Waals surface area contributed by atoms with Crippen LogP contribution in [0.4, 0.5) is 10.5 Å². The molecule has 0 aliphatic carbocycles. The van der Waals surface area contributed by atoms with E-state index in [1.54, 1.807) is 48.4 Å². The smallest absolute Gasteiger partial charge is 0.318 e. The van der Waals surface area contributed by atoms with Gasteiger partial charge in [0.1, 0.15) is 11.8 Å². The number of urea groups is 1. The van der Waals surface area contributed by atoms with Crippen molar-refractivity contribution in [1.29, 1.82) is 0 Å². The van der Waals surface area contributed by atoms with E-state index in [1.807, 2.05) is 24.5 Å². The Hall–Kier alpha value is -3.29. The molecule has 3 heterocycles. The van der Waals surface area contributed by atoms with E-state index in [0.29, 0.717) is 31.1 Å². The fourth-order valence-electron chi connectivity index (χ4n) is 4.72. The Morgan fingerprint density at radius 1 is 1.06 bits per heavy atom. The maximum Gasteiger partial charge on any atom is 0.318 e. The highest BCUT2D eigenvalue weighted by Crippen LogP contribution is 2.35. The van der Waals surface area contributed by atoms with E-state index in [9.17, 15) is 14.4 Å². The first-order valence-electron chi connectivity index (χ1n) is 11.1. The van der Waals surface area contributed by atoms with Crippen molar-refractivity contribution in [2.24, 2.45) is 11.8 Å². The van der Waals surface area contributed by atoms with Gasteiger partial charge < -0.3 is 24.8 Å². The molecular weight excluding hydrogens is 408 g/mol. The van der Waals surface area contributed by atoms with Crippen LogP contribution < -0.4 is 20.9 Å². The van der Waals surface area contributed by atoms with E-state index < -0.39 is 6.04 Å². The van der Waals surface area contributed by atoms with Crippen LogP contribution in [0.3, 0.4) is 0 Å². The number of carbonyl (C=O) groups excluding carboxylic acids is 2. The molecule has 8 heteroatoms. The molecule has 2 bridgehead atoms. The summed E-state index contributed by atoms with van der Waals surface area (Å²) in [5.41, 5.74) is 1.65. The minimum absolute atomic E-state index is 0.0187. The number of piperidine rings is 1. The number of aromatic nitrogens is 1. The van der Waals surface area contributed by atoms with Crippen LogP contribution in [0.25, 0.3) is 0 Å². The highest BCUT2D eigenvalue weighted by atomic mass is 16.5. The van der Waals surface area contributed by atoms with E-state index in [2.05, 4.69) is 10.6 Å². The summed E-state index contributed by atoms with van der Waals surface area (Å²) in [4.78, 5) is 40.0. The molecule has 4 rings (SSSR count). The number of amides is 3. The van der Waals surface area contributed by atoms with E-state index in [1.165, 1.54) is 0 Å². The molecule has 1 aromatic heterocycles. The number of methoxy groups -OCH3 is 1. The molecule has 2 N–H and O–H groups in total. The lowest BCUT2D eigenvalue weighted by Crippen LogP contribution is -2.56. The zero-order valence-corrected chi connectivity index (χ0v) is 18.7. The average Bonchev–Trinajstić information content (AvgIpc) is 2.78. The topological polar surface area (TPSA) is 92.7 Å². The third kappa shape index (κ3) is 4.49.